The standard InChI is InChI=1S/C9H7BBrF3N2O/c1-4-8(16-7(17)3-10)5(11)2-6(15-4)9(12,13)14/h2H,3H2,1H3,(H,16,17). The van der Waals surface area contributed by atoms with Crippen molar-refractivity contribution in [1.82, 2.24) is 4.98 Å². The number of aryl methyl sites for hydroxylation is 1. The molecule has 0 aliphatic rings. The molecule has 1 aromatic rings. The predicted octanol–water partition coefficient (Wildman–Crippen LogP) is 2.70. The number of alkyl halides is 3. The molecule has 0 unspecified atom stereocenters. The van der Waals surface area contributed by atoms with Crippen LogP contribution in [0.2, 0.25) is 6.32 Å². The van der Waals surface area contributed by atoms with Gasteiger partial charge in [-0.15, -0.1) is 0 Å². The molecule has 0 spiro atoms. The van der Waals surface area contributed by atoms with Crippen molar-refractivity contribution in [1.29, 1.82) is 0 Å². The zero-order chi connectivity index (χ0) is 13.2. The Hall–Kier alpha value is -1.05. The molecule has 1 amide bonds. The number of carbonyl (C=O) groups is 1. The van der Waals surface area contributed by atoms with Crippen molar-refractivity contribution in [2.24, 2.45) is 0 Å². The molecule has 17 heavy (non-hydrogen) atoms. The Morgan fingerprint density at radius 3 is 2.59 bits per heavy atom. The third kappa shape index (κ3) is 3.45. The largest absolute Gasteiger partial charge is 0.433 e. The molecule has 0 saturated heterocycles. The van der Waals surface area contributed by atoms with E-state index >= 15 is 0 Å². The average molecular weight is 307 g/mol. The van der Waals surface area contributed by atoms with Gasteiger partial charge in [0.15, 0.2) is 0 Å². The fourth-order valence-corrected chi connectivity index (χ4v) is 1.72. The second kappa shape index (κ2) is 5.08. The van der Waals surface area contributed by atoms with E-state index in [4.69, 9.17) is 7.85 Å². The number of rotatable bonds is 2. The number of nitrogens with zero attached hydrogens (tertiary/aromatic N) is 1. The van der Waals surface area contributed by atoms with Crippen LogP contribution in [0.3, 0.4) is 0 Å². The van der Waals surface area contributed by atoms with Gasteiger partial charge in [0.1, 0.15) is 5.69 Å². The van der Waals surface area contributed by atoms with Gasteiger partial charge in [-0.2, -0.15) is 13.2 Å². The number of hydrogen-bond donors (Lipinski definition) is 1. The van der Waals surface area contributed by atoms with E-state index < -0.39 is 17.8 Å². The molecule has 0 saturated carbocycles. The van der Waals surface area contributed by atoms with Crippen molar-refractivity contribution < 1.29 is 18.0 Å². The number of nitrogens with one attached hydrogen (secondary N) is 1. The van der Waals surface area contributed by atoms with E-state index in [1.807, 2.05) is 0 Å². The van der Waals surface area contributed by atoms with E-state index in [1.165, 1.54) is 6.92 Å². The molecule has 0 bridgehead atoms. The Morgan fingerprint density at radius 1 is 1.59 bits per heavy atom. The summed E-state index contributed by atoms with van der Waals surface area (Å²) in [6.07, 6.45) is -4.78. The normalized spacial score (nSPS) is 11.4. The maximum Gasteiger partial charge on any atom is 0.433 e. The van der Waals surface area contributed by atoms with Crippen LogP contribution < -0.4 is 5.32 Å². The van der Waals surface area contributed by atoms with Crippen LogP contribution in [0, 0.1) is 6.92 Å². The van der Waals surface area contributed by atoms with Crippen LogP contribution in [0.4, 0.5) is 18.9 Å². The van der Waals surface area contributed by atoms with Crippen LogP contribution in [-0.4, -0.2) is 18.7 Å². The van der Waals surface area contributed by atoms with Gasteiger partial charge in [0.25, 0.3) is 0 Å². The Bertz CT molecular complexity index is 427. The lowest BCUT2D eigenvalue weighted by molar-refractivity contribution is -0.141. The minimum Gasteiger partial charge on any atom is -0.324 e. The molecule has 0 aliphatic carbocycles. The molecule has 0 aliphatic heterocycles. The second-order valence-electron chi connectivity index (χ2n) is 3.20. The monoisotopic (exact) mass is 306 g/mol. The summed E-state index contributed by atoms with van der Waals surface area (Å²) in [6, 6.07) is 0.805. The summed E-state index contributed by atoms with van der Waals surface area (Å²) in [6.45, 7) is 1.37. The van der Waals surface area contributed by atoms with Gasteiger partial charge in [-0.1, -0.05) is 0 Å². The van der Waals surface area contributed by atoms with Gasteiger partial charge in [-0.25, -0.2) is 4.98 Å². The van der Waals surface area contributed by atoms with Crippen LogP contribution in [0.1, 0.15) is 11.4 Å². The number of pyridine rings is 1. The van der Waals surface area contributed by atoms with Crippen LogP contribution in [0.5, 0.6) is 0 Å². The molecular formula is C9H7BBrF3N2O. The molecule has 1 heterocycles. The zero-order valence-electron chi connectivity index (χ0n) is 8.73. The van der Waals surface area contributed by atoms with E-state index in [0.717, 1.165) is 6.07 Å². The smallest absolute Gasteiger partial charge is 0.324 e. The summed E-state index contributed by atoms with van der Waals surface area (Å²) in [4.78, 5) is 14.4. The molecule has 0 aromatic carbocycles. The Balaban J connectivity index is 3.15. The van der Waals surface area contributed by atoms with Crippen molar-refractivity contribution in [3.8, 4) is 0 Å². The Morgan fingerprint density at radius 2 is 2.18 bits per heavy atom. The number of halogens is 4. The lowest BCUT2D eigenvalue weighted by atomic mass is 10.0. The summed E-state index contributed by atoms with van der Waals surface area (Å²) in [5.41, 5.74) is -0.769. The first kappa shape index (κ1) is 14.0. The van der Waals surface area contributed by atoms with Crippen molar-refractivity contribution in [2.45, 2.75) is 19.4 Å². The van der Waals surface area contributed by atoms with E-state index in [1.54, 1.807) is 0 Å². The molecule has 8 heteroatoms. The summed E-state index contributed by atoms with van der Waals surface area (Å²) in [5, 5.41) is 2.37. The van der Waals surface area contributed by atoms with Crippen LogP contribution in [0.15, 0.2) is 10.5 Å². The number of amides is 1. The topological polar surface area (TPSA) is 42.0 Å². The highest BCUT2D eigenvalue weighted by molar-refractivity contribution is 9.10. The fourth-order valence-electron chi connectivity index (χ4n) is 1.12. The average Bonchev–Trinajstić information content (AvgIpc) is 2.21. The first-order valence-corrected chi connectivity index (χ1v) is 5.29. The minimum atomic E-state index is -4.52. The van der Waals surface area contributed by atoms with Crippen LogP contribution in [-0.2, 0) is 11.0 Å². The molecule has 2 radical (unpaired) electrons. The third-order valence-corrected chi connectivity index (χ3v) is 2.52. The van der Waals surface area contributed by atoms with Gasteiger partial charge in [0.05, 0.1) is 19.2 Å². The molecule has 1 rings (SSSR count). The maximum absolute atomic E-state index is 12.4. The quantitative estimate of drug-likeness (QED) is 0.854. The number of carbonyl (C=O) groups excluding carboxylic acids is 1. The van der Waals surface area contributed by atoms with Crippen molar-refractivity contribution in [3.05, 3.63) is 21.9 Å². The van der Waals surface area contributed by atoms with Gasteiger partial charge in [0, 0.05) is 4.47 Å². The van der Waals surface area contributed by atoms with Gasteiger partial charge < -0.3 is 5.32 Å². The van der Waals surface area contributed by atoms with Crippen molar-refractivity contribution >= 4 is 35.4 Å². The summed E-state index contributed by atoms with van der Waals surface area (Å²) in [7, 11) is 5.09. The highest BCUT2D eigenvalue weighted by Crippen LogP contribution is 2.33. The molecule has 0 fully saturated rings. The van der Waals surface area contributed by atoms with Crippen LogP contribution in [0.25, 0.3) is 0 Å². The van der Waals surface area contributed by atoms with Crippen molar-refractivity contribution in [3.63, 3.8) is 0 Å². The van der Waals surface area contributed by atoms with E-state index in [0.29, 0.717) is 0 Å². The second-order valence-corrected chi connectivity index (χ2v) is 4.05. The van der Waals surface area contributed by atoms with Crippen molar-refractivity contribution in [2.75, 3.05) is 5.32 Å². The van der Waals surface area contributed by atoms with Gasteiger partial charge in [-0.3, -0.25) is 4.79 Å². The molecule has 1 N–H and O–H groups in total. The number of hydrogen-bond acceptors (Lipinski definition) is 2. The zero-order valence-corrected chi connectivity index (χ0v) is 10.3. The van der Waals surface area contributed by atoms with Gasteiger partial charge >= 0.3 is 6.18 Å². The van der Waals surface area contributed by atoms with E-state index in [2.05, 4.69) is 26.2 Å². The Labute approximate surface area is 105 Å². The first-order chi connectivity index (χ1) is 7.75. The molecular weight excluding hydrogens is 300 g/mol. The van der Waals surface area contributed by atoms with Crippen LogP contribution >= 0.6 is 15.9 Å². The fraction of sp³-hybridized carbons (Fsp3) is 0.333. The SMILES string of the molecule is [B]CC(=O)Nc1c(Br)cc(C(F)(F)F)nc1C. The lowest BCUT2D eigenvalue weighted by Gasteiger charge is -2.13. The Kier molecular flexibility index (Phi) is 4.18. The minimum absolute atomic E-state index is 0.0634. The van der Waals surface area contributed by atoms with E-state index in [-0.39, 0.29) is 22.2 Å². The lowest BCUT2D eigenvalue weighted by Crippen LogP contribution is -2.15. The molecule has 90 valence electrons. The summed E-state index contributed by atoms with van der Waals surface area (Å²) in [5.74, 6) is -0.504. The van der Waals surface area contributed by atoms with E-state index in [9.17, 15) is 18.0 Å². The molecule has 1 aromatic heterocycles. The predicted molar refractivity (Wildman–Crippen MR) is 60.9 cm³/mol. The molecule has 0 atom stereocenters. The highest BCUT2D eigenvalue weighted by Gasteiger charge is 2.33. The third-order valence-electron chi connectivity index (χ3n) is 1.89. The van der Waals surface area contributed by atoms with Gasteiger partial charge in [0.2, 0.25) is 5.91 Å². The molecule has 3 nitrogen and oxygen atoms in total. The number of anilines is 1. The summed E-state index contributed by atoms with van der Waals surface area (Å²) >= 11 is 2.95. The summed E-state index contributed by atoms with van der Waals surface area (Å²) < 4.78 is 37.4. The maximum atomic E-state index is 12.4. The number of aromatic nitrogens is 1. The van der Waals surface area contributed by atoms with Gasteiger partial charge in [-0.05, 0) is 35.2 Å². The first-order valence-electron chi connectivity index (χ1n) is 4.50. The highest BCUT2D eigenvalue weighted by atomic mass is 79.9.